The van der Waals surface area contributed by atoms with Gasteiger partial charge in [0.2, 0.25) is 0 Å². The monoisotopic (exact) mass is 554 g/mol. The molecule has 0 bridgehead atoms. The molecule has 0 radical (unpaired) electrons. The van der Waals surface area contributed by atoms with Gasteiger partial charge in [0.05, 0.1) is 0 Å². The molecule has 1 aliphatic rings. The van der Waals surface area contributed by atoms with Gasteiger partial charge >= 0.3 is 18.1 Å². The summed E-state index contributed by atoms with van der Waals surface area (Å²) in [5.74, 6) is -13.0. The van der Waals surface area contributed by atoms with Crippen LogP contribution in [0.15, 0.2) is 0 Å². The van der Waals surface area contributed by atoms with Crippen molar-refractivity contribution in [3.8, 4) is 0 Å². The lowest BCUT2D eigenvalue weighted by Gasteiger charge is -2.31. The summed E-state index contributed by atoms with van der Waals surface area (Å²) in [7, 11) is 0. The van der Waals surface area contributed by atoms with Crippen LogP contribution in [-0.4, -0.2) is 38.7 Å². The first kappa shape index (κ1) is 19.9. The van der Waals surface area contributed by atoms with Gasteiger partial charge in [-0.15, -0.1) is 0 Å². The highest BCUT2D eigenvalue weighted by Crippen LogP contribution is 2.60. The van der Waals surface area contributed by atoms with E-state index in [9.17, 15) is 35.1 Å². The summed E-state index contributed by atoms with van der Waals surface area (Å²) in [6, 6.07) is 0. The Hall–Kier alpha value is 0.820. The molecule has 12 heteroatoms. The van der Waals surface area contributed by atoms with Crippen LogP contribution in [0.5, 0.6) is 0 Å². The fraction of sp³-hybridized carbons (Fsp3) is 1.00. The zero-order valence-corrected chi connectivity index (χ0v) is 14.2. The van der Waals surface area contributed by atoms with Gasteiger partial charge in [-0.25, -0.2) is 8.78 Å². The SMILES string of the molecule is FC(F)(F)C1(C(F)(F)F)O[C@@](F)(CCI)[C@](F)(CCI)O1. The van der Waals surface area contributed by atoms with Crippen LogP contribution in [0.25, 0.3) is 0 Å². The van der Waals surface area contributed by atoms with Crippen molar-refractivity contribution in [3.63, 3.8) is 0 Å². The molecule has 126 valence electrons. The van der Waals surface area contributed by atoms with Gasteiger partial charge in [-0.1, -0.05) is 45.2 Å². The molecule has 0 aromatic carbocycles. The molecule has 1 aliphatic heterocycles. The lowest BCUT2D eigenvalue weighted by molar-refractivity contribution is -0.459. The maximum Gasteiger partial charge on any atom is 0.453 e. The van der Waals surface area contributed by atoms with Crippen molar-refractivity contribution in [1.29, 1.82) is 0 Å². The Balaban J connectivity index is 3.41. The number of rotatable bonds is 4. The molecule has 0 aromatic heterocycles. The zero-order chi connectivity index (χ0) is 16.7. The molecule has 2 nitrogen and oxygen atoms in total. The summed E-state index contributed by atoms with van der Waals surface area (Å²) in [5, 5.41) is 0. The van der Waals surface area contributed by atoms with Gasteiger partial charge in [-0.3, -0.25) is 9.47 Å². The van der Waals surface area contributed by atoms with Crippen molar-refractivity contribution in [2.24, 2.45) is 0 Å². The molecule has 1 heterocycles. The van der Waals surface area contributed by atoms with Gasteiger partial charge in [0.15, 0.2) is 0 Å². The second-order valence-electron chi connectivity index (χ2n) is 4.15. The molecule has 0 aromatic rings. The summed E-state index contributed by atoms with van der Waals surface area (Å²) in [6.07, 6.45) is -14.4. The van der Waals surface area contributed by atoms with E-state index < -0.39 is 42.7 Å². The van der Waals surface area contributed by atoms with E-state index in [-0.39, 0.29) is 8.86 Å². The van der Waals surface area contributed by atoms with Crippen molar-refractivity contribution in [3.05, 3.63) is 0 Å². The average molecular weight is 554 g/mol. The van der Waals surface area contributed by atoms with Crippen LogP contribution in [-0.2, 0) is 9.47 Å². The number of hydrogen-bond donors (Lipinski definition) is 0. The first-order valence-electron chi connectivity index (χ1n) is 5.32. The minimum absolute atomic E-state index is 0.268. The Morgan fingerprint density at radius 2 is 1.00 bits per heavy atom. The van der Waals surface area contributed by atoms with Crippen molar-refractivity contribution in [2.75, 3.05) is 8.86 Å². The van der Waals surface area contributed by atoms with Crippen LogP contribution >= 0.6 is 45.2 Å². The van der Waals surface area contributed by atoms with Crippen LogP contribution in [0.4, 0.5) is 35.1 Å². The van der Waals surface area contributed by atoms with Gasteiger partial charge in [-0.2, -0.15) is 26.3 Å². The number of ether oxygens (including phenoxy) is 2. The predicted molar refractivity (Wildman–Crippen MR) is 71.7 cm³/mol. The molecule has 0 aliphatic carbocycles. The average Bonchev–Trinajstić information content (AvgIpc) is 2.48. The van der Waals surface area contributed by atoms with Crippen molar-refractivity contribution in [1.82, 2.24) is 0 Å². The zero-order valence-electron chi connectivity index (χ0n) is 9.92. The molecule has 0 saturated carbocycles. The van der Waals surface area contributed by atoms with E-state index in [1.807, 2.05) is 0 Å². The van der Waals surface area contributed by atoms with Crippen LogP contribution in [0.2, 0.25) is 0 Å². The van der Waals surface area contributed by atoms with Crippen LogP contribution < -0.4 is 0 Å². The van der Waals surface area contributed by atoms with E-state index in [2.05, 4.69) is 9.47 Å². The number of halogens is 10. The van der Waals surface area contributed by atoms with Gasteiger partial charge < -0.3 is 0 Å². The van der Waals surface area contributed by atoms with Gasteiger partial charge in [-0.05, 0) is 0 Å². The summed E-state index contributed by atoms with van der Waals surface area (Å²) in [4.78, 5) is 0. The Kier molecular flexibility index (Phi) is 5.71. The number of hydrogen-bond acceptors (Lipinski definition) is 2. The first-order valence-corrected chi connectivity index (χ1v) is 8.37. The largest absolute Gasteiger partial charge is 0.453 e. The summed E-state index contributed by atoms with van der Waals surface area (Å²) in [5.41, 5.74) is 0. The quantitative estimate of drug-likeness (QED) is 0.282. The molecule has 0 unspecified atom stereocenters. The molecule has 2 atom stereocenters. The highest BCUT2D eigenvalue weighted by molar-refractivity contribution is 14.1. The van der Waals surface area contributed by atoms with Crippen molar-refractivity contribution < 1.29 is 44.6 Å². The Morgan fingerprint density at radius 3 is 1.19 bits per heavy atom. The fourth-order valence-corrected chi connectivity index (χ4v) is 3.13. The van der Waals surface area contributed by atoms with E-state index in [0.29, 0.717) is 0 Å². The summed E-state index contributed by atoms with van der Waals surface area (Å²) in [6.45, 7) is 0. The predicted octanol–water partition coefficient (Wildman–Crippen LogP) is 4.84. The number of alkyl halides is 10. The van der Waals surface area contributed by atoms with Gasteiger partial charge in [0.1, 0.15) is 0 Å². The van der Waals surface area contributed by atoms with Crippen molar-refractivity contribution in [2.45, 2.75) is 42.7 Å². The van der Waals surface area contributed by atoms with E-state index in [4.69, 9.17) is 0 Å². The second-order valence-corrected chi connectivity index (χ2v) is 6.31. The van der Waals surface area contributed by atoms with Crippen LogP contribution in [0.1, 0.15) is 12.8 Å². The molecule has 1 saturated heterocycles. The normalized spacial score (nSPS) is 33.4. The molecule has 0 amide bonds. The fourth-order valence-electron chi connectivity index (χ4n) is 1.74. The standard InChI is InChI=1S/C9H8F8I2O2/c10-5(1-3-18)6(11,2-4-19)21-7(20-5,8(12,13)14)9(15,16)17/h1-4H2/t5-,6-/m0/s1. The maximum atomic E-state index is 14.4. The molecule has 1 fully saturated rings. The molecule has 0 spiro atoms. The minimum atomic E-state index is -6.19. The first-order chi connectivity index (χ1) is 9.29. The molecule has 1 rings (SSSR count). The van der Waals surface area contributed by atoms with Crippen LogP contribution in [0.3, 0.4) is 0 Å². The summed E-state index contributed by atoms with van der Waals surface area (Å²) < 4.78 is 112. The highest BCUT2D eigenvalue weighted by atomic mass is 127. The van der Waals surface area contributed by atoms with E-state index in [1.165, 1.54) is 45.2 Å². The lowest BCUT2D eigenvalue weighted by atomic mass is 10.0. The molecule has 21 heavy (non-hydrogen) atoms. The Bertz CT molecular complexity index is 351. The van der Waals surface area contributed by atoms with Crippen LogP contribution in [0, 0.1) is 0 Å². The van der Waals surface area contributed by atoms with Gasteiger partial charge in [0, 0.05) is 21.7 Å². The molecule has 0 N–H and O–H groups in total. The smallest absolute Gasteiger partial charge is 0.293 e. The highest BCUT2D eigenvalue weighted by Gasteiger charge is 2.85. The topological polar surface area (TPSA) is 18.5 Å². The molecular weight excluding hydrogens is 546 g/mol. The maximum absolute atomic E-state index is 14.4. The third kappa shape index (κ3) is 3.22. The lowest BCUT2D eigenvalue weighted by Crippen LogP contribution is -2.59. The third-order valence-electron chi connectivity index (χ3n) is 2.75. The van der Waals surface area contributed by atoms with Crippen molar-refractivity contribution >= 4 is 45.2 Å². The second kappa shape index (κ2) is 6.03. The molecular formula is C9H8F8I2O2. The Morgan fingerprint density at radius 1 is 0.714 bits per heavy atom. The Labute approximate surface area is 141 Å². The van der Waals surface area contributed by atoms with E-state index >= 15 is 0 Å². The van der Waals surface area contributed by atoms with Gasteiger partial charge in [0.25, 0.3) is 11.7 Å². The van der Waals surface area contributed by atoms with E-state index in [0.717, 1.165) is 0 Å². The minimum Gasteiger partial charge on any atom is -0.293 e. The van der Waals surface area contributed by atoms with E-state index in [1.54, 1.807) is 0 Å². The third-order valence-corrected chi connectivity index (χ3v) is 3.83. The summed E-state index contributed by atoms with van der Waals surface area (Å²) >= 11 is 2.96.